The van der Waals surface area contributed by atoms with Crippen molar-refractivity contribution in [3.05, 3.63) is 82.5 Å². The number of hydrogen-bond donors (Lipinski definition) is 3. The predicted molar refractivity (Wildman–Crippen MR) is 143 cm³/mol. The highest BCUT2D eigenvalue weighted by Gasteiger charge is 2.27. The van der Waals surface area contributed by atoms with Crippen LogP contribution in [0.5, 0.6) is 0 Å². The topological polar surface area (TPSA) is 140 Å². The molecule has 1 heterocycles. The fraction of sp³-hybridized carbons (Fsp3) is 0.321. The molecule has 3 aromatic rings. The van der Waals surface area contributed by atoms with Crippen molar-refractivity contribution >= 4 is 23.5 Å². The van der Waals surface area contributed by atoms with Gasteiger partial charge in [-0.25, -0.2) is 14.2 Å². The summed E-state index contributed by atoms with van der Waals surface area (Å²) in [6.45, 7) is 5.62. The Bertz CT molecular complexity index is 1400. The van der Waals surface area contributed by atoms with Crippen molar-refractivity contribution in [1.82, 2.24) is 14.9 Å². The van der Waals surface area contributed by atoms with E-state index in [1.165, 1.54) is 31.3 Å². The number of anilines is 1. The number of aliphatic hydroxyl groups excluding tert-OH is 1. The lowest BCUT2D eigenvalue weighted by molar-refractivity contribution is -0.128. The monoisotopic (exact) mass is 538 g/mol. The van der Waals surface area contributed by atoms with Gasteiger partial charge in [0.25, 0.3) is 5.56 Å². The molecule has 3 rings (SSSR count). The Morgan fingerprint density at radius 3 is 2.41 bits per heavy atom. The fourth-order valence-corrected chi connectivity index (χ4v) is 3.79. The number of ketones is 1. The van der Waals surface area contributed by atoms with Crippen molar-refractivity contribution in [2.45, 2.75) is 58.4 Å². The number of benzene rings is 2. The van der Waals surface area contributed by atoms with E-state index in [4.69, 9.17) is 4.74 Å². The summed E-state index contributed by atoms with van der Waals surface area (Å²) >= 11 is 0. The Labute approximate surface area is 224 Å². The van der Waals surface area contributed by atoms with E-state index in [1.807, 2.05) is 0 Å². The first kappa shape index (κ1) is 29.2. The molecule has 2 aromatic carbocycles. The molecule has 2 unspecified atom stereocenters. The maximum atomic E-state index is 13.7. The van der Waals surface area contributed by atoms with Crippen LogP contribution in [0.2, 0.25) is 0 Å². The summed E-state index contributed by atoms with van der Waals surface area (Å²) in [5, 5.41) is 15.4. The Kier molecular flexibility index (Phi) is 9.31. The van der Waals surface area contributed by atoms with E-state index in [1.54, 1.807) is 57.2 Å². The van der Waals surface area contributed by atoms with Crippen molar-refractivity contribution in [1.29, 1.82) is 0 Å². The summed E-state index contributed by atoms with van der Waals surface area (Å²) in [5.74, 6) is -1.66. The number of aliphatic hydroxyl groups is 1. The number of hydrogen-bond acceptors (Lipinski definition) is 7. The number of carbonyl (C=O) groups excluding carboxylic acids is 3. The molecule has 0 fully saturated rings. The molecule has 39 heavy (non-hydrogen) atoms. The summed E-state index contributed by atoms with van der Waals surface area (Å²) in [5.41, 5.74) is -0.760. The van der Waals surface area contributed by atoms with Crippen LogP contribution in [0.15, 0.2) is 65.6 Å². The molecule has 11 heteroatoms. The van der Waals surface area contributed by atoms with Crippen LogP contribution in [0.1, 0.15) is 33.3 Å². The molecule has 0 aliphatic carbocycles. The molecule has 2 amide bonds. The normalized spacial score (nSPS) is 12.8. The number of carbonyl (C=O) groups is 3. The standard InChI is InChI=1S/C28H31FN4O6/c1-17(34)24(36)21(14-18-9-8-12-20(29)13-18)31-23(35)16-33-25(19-10-6-5-7-11-19)30-15-22(26(33)37)32-27(38)39-28(2,3)4/h5-13,15,21,24,36H,14,16H2,1-4H3,(H,31,35)(H,32,38). The van der Waals surface area contributed by atoms with Crippen molar-refractivity contribution in [3.8, 4) is 11.4 Å². The van der Waals surface area contributed by atoms with Gasteiger partial charge in [0.05, 0.1) is 12.2 Å². The smallest absolute Gasteiger partial charge is 0.412 e. The minimum Gasteiger partial charge on any atom is -0.444 e. The third-order valence-electron chi connectivity index (χ3n) is 5.51. The summed E-state index contributed by atoms with van der Waals surface area (Å²) in [4.78, 5) is 55.0. The number of Topliss-reactive ketones (excluding diaryl/α,β-unsaturated/α-hetero) is 1. The summed E-state index contributed by atoms with van der Waals surface area (Å²) in [6.07, 6.45) is -1.30. The van der Waals surface area contributed by atoms with Gasteiger partial charge in [0, 0.05) is 5.56 Å². The average molecular weight is 539 g/mol. The summed E-state index contributed by atoms with van der Waals surface area (Å²) in [6, 6.07) is 13.1. The lowest BCUT2D eigenvalue weighted by Crippen LogP contribution is -2.49. The molecule has 0 aliphatic rings. The second-order valence-corrected chi connectivity index (χ2v) is 9.94. The number of ether oxygens (including phenoxy) is 1. The van der Waals surface area contributed by atoms with Gasteiger partial charge in [-0.1, -0.05) is 42.5 Å². The Hall–Kier alpha value is -4.38. The predicted octanol–water partition coefficient (Wildman–Crippen LogP) is 3.07. The van der Waals surface area contributed by atoms with Crippen LogP contribution >= 0.6 is 0 Å². The van der Waals surface area contributed by atoms with Gasteiger partial charge in [-0.05, 0) is 51.8 Å². The molecule has 0 saturated heterocycles. The molecular formula is C28H31FN4O6. The van der Waals surface area contributed by atoms with E-state index in [0.29, 0.717) is 11.1 Å². The highest BCUT2D eigenvalue weighted by molar-refractivity contribution is 5.85. The molecule has 3 N–H and O–H groups in total. The van der Waals surface area contributed by atoms with Crippen LogP contribution in [0, 0.1) is 5.82 Å². The van der Waals surface area contributed by atoms with E-state index < -0.39 is 53.5 Å². The van der Waals surface area contributed by atoms with Crippen LogP contribution in [0.4, 0.5) is 14.9 Å². The average Bonchev–Trinajstić information content (AvgIpc) is 2.85. The SMILES string of the molecule is CC(=O)C(O)C(Cc1cccc(F)c1)NC(=O)Cn1c(-c2ccccc2)ncc(NC(=O)OC(C)(C)C)c1=O. The number of amides is 2. The maximum Gasteiger partial charge on any atom is 0.412 e. The third kappa shape index (κ3) is 8.30. The molecule has 0 spiro atoms. The number of aromatic nitrogens is 2. The van der Waals surface area contributed by atoms with Crippen LogP contribution in [0.25, 0.3) is 11.4 Å². The Morgan fingerprint density at radius 1 is 1.10 bits per heavy atom. The van der Waals surface area contributed by atoms with Crippen molar-refractivity contribution < 1.29 is 28.6 Å². The minimum absolute atomic E-state index is 0.0385. The van der Waals surface area contributed by atoms with E-state index in [0.717, 1.165) is 4.57 Å². The zero-order valence-corrected chi connectivity index (χ0v) is 22.1. The second kappa shape index (κ2) is 12.4. The van der Waals surface area contributed by atoms with Crippen molar-refractivity contribution in [3.63, 3.8) is 0 Å². The first-order valence-electron chi connectivity index (χ1n) is 12.2. The molecule has 1 aromatic heterocycles. The molecule has 10 nitrogen and oxygen atoms in total. The van der Waals surface area contributed by atoms with Crippen molar-refractivity contribution in [2.75, 3.05) is 5.32 Å². The first-order valence-corrected chi connectivity index (χ1v) is 12.2. The highest BCUT2D eigenvalue weighted by atomic mass is 19.1. The molecule has 206 valence electrons. The Morgan fingerprint density at radius 2 is 1.79 bits per heavy atom. The number of nitrogens with zero attached hydrogens (tertiary/aromatic N) is 2. The fourth-order valence-electron chi connectivity index (χ4n) is 3.79. The van der Waals surface area contributed by atoms with Gasteiger partial charge >= 0.3 is 6.09 Å². The van der Waals surface area contributed by atoms with E-state index in [-0.39, 0.29) is 17.9 Å². The van der Waals surface area contributed by atoms with Gasteiger partial charge in [-0.3, -0.25) is 24.3 Å². The zero-order valence-electron chi connectivity index (χ0n) is 22.1. The van der Waals surface area contributed by atoms with E-state index in [2.05, 4.69) is 15.6 Å². The van der Waals surface area contributed by atoms with Crippen molar-refractivity contribution in [2.24, 2.45) is 0 Å². The lowest BCUT2D eigenvalue weighted by atomic mass is 9.99. The lowest BCUT2D eigenvalue weighted by Gasteiger charge is -2.23. The number of halogens is 1. The summed E-state index contributed by atoms with van der Waals surface area (Å²) in [7, 11) is 0. The van der Waals surface area contributed by atoms with Crippen LogP contribution in [0.3, 0.4) is 0 Å². The third-order valence-corrected chi connectivity index (χ3v) is 5.51. The van der Waals surface area contributed by atoms with Gasteiger partial charge in [0.1, 0.15) is 35.6 Å². The van der Waals surface area contributed by atoms with Gasteiger partial charge in [0.15, 0.2) is 5.78 Å². The molecule has 0 bridgehead atoms. The molecule has 0 saturated carbocycles. The second-order valence-electron chi connectivity index (χ2n) is 9.94. The molecular weight excluding hydrogens is 507 g/mol. The van der Waals surface area contributed by atoms with Gasteiger partial charge < -0.3 is 15.2 Å². The number of rotatable bonds is 9. The first-order chi connectivity index (χ1) is 18.3. The summed E-state index contributed by atoms with van der Waals surface area (Å²) < 4.78 is 20.0. The van der Waals surface area contributed by atoms with Crippen LogP contribution in [-0.2, 0) is 27.3 Å². The van der Waals surface area contributed by atoms with Crippen LogP contribution in [-0.4, -0.2) is 50.2 Å². The Balaban J connectivity index is 1.93. The van der Waals surface area contributed by atoms with Gasteiger partial charge in [-0.15, -0.1) is 0 Å². The molecule has 0 aliphatic heterocycles. The molecule has 0 radical (unpaired) electrons. The quantitative estimate of drug-likeness (QED) is 0.380. The van der Waals surface area contributed by atoms with E-state index in [9.17, 15) is 28.7 Å². The van der Waals surface area contributed by atoms with E-state index >= 15 is 0 Å². The zero-order chi connectivity index (χ0) is 28.7. The highest BCUT2D eigenvalue weighted by Crippen LogP contribution is 2.17. The minimum atomic E-state index is -1.57. The van der Waals surface area contributed by atoms with Crippen LogP contribution < -0.4 is 16.2 Å². The number of nitrogens with one attached hydrogen (secondary N) is 2. The largest absolute Gasteiger partial charge is 0.444 e. The molecule has 2 atom stereocenters. The maximum absolute atomic E-state index is 13.7. The van der Waals surface area contributed by atoms with Gasteiger partial charge in [0.2, 0.25) is 5.91 Å². The van der Waals surface area contributed by atoms with Gasteiger partial charge in [-0.2, -0.15) is 0 Å².